The SMILES string of the molecule is CC(C)OC1CCC(N[C@H](C)c2ccc(Cl)s2)CC1. The Labute approximate surface area is 125 Å². The van der Waals surface area contributed by atoms with Gasteiger partial charge in [-0.15, -0.1) is 11.3 Å². The molecule has 1 saturated carbocycles. The normalized spacial score (nSPS) is 25.7. The maximum absolute atomic E-state index is 5.99. The Balaban J connectivity index is 1.76. The number of thiophene rings is 1. The number of hydrogen-bond acceptors (Lipinski definition) is 3. The maximum Gasteiger partial charge on any atom is 0.0931 e. The van der Waals surface area contributed by atoms with E-state index < -0.39 is 0 Å². The minimum atomic E-state index is 0.349. The van der Waals surface area contributed by atoms with Gasteiger partial charge in [-0.2, -0.15) is 0 Å². The smallest absolute Gasteiger partial charge is 0.0931 e. The molecule has 108 valence electrons. The molecule has 1 aromatic heterocycles. The van der Waals surface area contributed by atoms with E-state index in [1.807, 2.05) is 6.07 Å². The quantitative estimate of drug-likeness (QED) is 0.844. The van der Waals surface area contributed by atoms with Crippen LogP contribution in [0.3, 0.4) is 0 Å². The first-order valence-corrected chi connectivity index (χ1v) is 8.40. The van der Waals surface area contributed by atoms with Crippen molar-refractivity contribution in [2.24, 2.45) is 0 Å². The van der Waals surface area contributed by atoms with Gasteiger partial charge in [0.25, 0.3) is 0 Å². The number of nitrogens with one attached hydrogen (secondary N) is 1. The summed E-state index contributed by atoms with van der Waals surface area (Å²) < 4.78 is 6.76. The highest BCUT2D eigenvalue weighted by atomic mass is 35.5. The van der Waals surface area contributed by atoms with Crippen molar-refractivity contribution in [3.8, 4) is 0 Å². The summed E-state index contributed by atoms with van der Waals surface area (Å²) in [7, 11) is 0. The highest BCUT2D eigenvalue weighted by molar-refractivity contribution is 7.16. The van der Waals surface area contributed by atoms with Gasteiger partial charge in [0.05, 0.1) is 16.5 Å². The molecule has 2 rings (SSSR count). The van der Waals surface area contributed by atoms with Crippen LogP contribution < -0.4 is 5.32 Å². The average Bonchev–Trinajstić information content (AvgIpc) is 2.78. The monoisotopic (exact) mass is 301 g/mol. The zero-order valence-corrected chi connectivity index (χ0v) is 13.6. The van der Waals surface area contributed by atoms with Gasteiger partial charge in [0.2, 0.25) is 0 Å². The number of halogens is 1. The van der Waals surface area contributed by atoms with Crippen molar-refractivity contribution >= 4 is 22.9 Å². The van der Waals surface area contributed by atoms with Gasteiger partial charge in [-0.25, -0.2) is 0 Å². The second kappa shape index (κ2) is 7.07. The molecule has 0 bridgehead atoms. The van der Waals surface area contributed by atoms with Crippen molar-refractivity contribution in [1.29, 1.82) is 0 Å². The zero-order chi connectivity index (χ0) is 13.8. The second-order valence-electron chi connectivity index (χ2n) is 5.69. The van der Waals surface area contributed by atoms with Crippen LogP contribution in [0.4, 0.5) is 0 Å². The van der Waals surface area contributed by atoms with Crippen LogP contribution in [0, 0.1) is 0 Å². The van der Waals surface area contributed by atoms with Crippen LogP contribution in [0.1, 0.15) is 57.4 Å². The molecule has 0 radical (unpaired) electrons. The van der Waals surface area contributed by atoms with E-state index in [0.717, 1.165) is 4.34 Å². The molecule has 0 aliphatic heterocycles. The second-order valence-corrected chi connectivity index (χ2v) is 7.44. The molecular weight excluding hydrogens is 278 g/mol. The van der Waals surface area contributed by atoms with Crippen molar-refractivity contribution in [2.45, 2.75) is 70.7 Å². The lowest BCUT2D eigenvalue weighted by Crippen LogP contribution is -2.37. The van der Waals surface area contributed by atoms with Crippen LogP contribution >= 0.6 is 22.9 Å². The summed E-state index contributed by atoms with van der Waals surface area (Å²) in [5, 5.41) is 3.72. The summed E-state index contributed by atoms with van der Waals surface area (Å²) in [5.74, 6) is 0. The number of rotatable bonds is 5. The maximum atomic E-state index is 5.99. The van der Waals surface area contributed by atoms with Crippen molar-refractivity contribution < 1.29 is 4.74 Å². The molecule has 1 aromatic rings. The van der Waals surface area contributed by atoms with Crippen LogP contribution in [0.5, 0.6) is 0 Å². The molecule has 1 atom stereocenters. The molecule has 4 heteroatoms. The average molecular weight is 302 g/mol. The fourth-order valence-electron chi connectivity index (χ4n) is 2.75. The Hall–Kier alpha value is -0.0900. The van der Waals surface area contributed by atoms with Gasteiger partial charge in [0, 0.05) is 17.0 Å². The minimum Gasteiger partial charge on any atom is -0.376 e. The molecule has 0 spiro atoms. The molecule has 2 nitrogen and oxygen atoms in total. The summed E-state index contributed by atoms with van der Waals surface area (Å²) in [5.41, 5.74) is 0. The third-order valence-electron chi connectivity index (χ3n) is 3.65. The third-order valence-corrected chi connectivity index (χ3v) is 5.06. The van der Waals surface area contributed by atoms with Gasteiger partial charge in [0.15, 0.2) is 0 Å². The van der Waals surface area contributed by atoms with E-state index in [1.165, 1.54) is 30.6 Å². The van der Waals surface area contributed by atoms with Gasteiger partial charge in [-0.1, -0.05) is 11.6 Å². The summed E-state index contributed by atoms with van der Waals surface area (Å²) in [6.07, 6.45) is 5.58. The van der Waals surface area contributed by atoms with Gasteiger partial charge >= 0.3 is 0 Å². The largest absolute Gasteiger partial charge is 0.376 e. The van der Waals surface area contributed by atoms with Crippen LogP contribution in [-0.2, 0) is 4.74 Å². The standard InChI is InChI=1S/C15H24ClNOS/c1-10(2)18-13-6-4-12(5-7-13)17-11(3)14-8-9-15(16)19-14/h8-13,17H,4-7H2,1-3H3/t11-,12?,13?/m1/s1. The highest BCUT2D eigenvalue weighted by Crippen LogP contribution is 2.29. The topological polar surface area (TPSA) is 21.3 Å². The predicted octanol–water partition coefficient (Wildman–Crippen LogP) is 4.79. The van der Waals surface area contributed by atoms with Crippen molar-refractivity contribution in [3.05, 3.63) is 21.3 Å². The Morgan fingerprint density at radius 3 is 2.42 bits per heavy atom. The van der Waals surface area contributed by atoms with E-state index in [4.69, 9.17) is 16.3 Å². The first-order valence-electron chi connectivity index (χ1n) is 7.21. The Morgan fingerprint density at radius 2 is 1.89 bits per heavy atom. The van der Waals surface area contributed by atoms with Crippen molar-refractivity contribution in [1.82, 2.24) is 5.32 Å². The van der Waals surface area contributed by atoms with Crippen LogP contribution in [0.25, 0.3) is 0 Å². The molecule has 1 aliphatic carbocycles. The summed E-state index contributed by atoms with van der Waals surface area (Å²) in [4.78, 5) is 1.32. The summed E-state index contributed by atoms with van der Waals surface area (Å²) in [6, 6.07) is 5.11. The Bertz CT molecular complexity index is 385. The molecule has 0 saturated heterocycles. The fraction of sp³-hybridized carbons (Fsp3) is 0.733. The molecule has 1 heterocycles. The Kier molecular flexibility index (Phi) is 5.70. The van der Waals surface area contributed by atoms with E-state index >= 15 is 0 Å². The lowest BCUT2D eigenvalue weighted by atomic mass is 9.92. The molecule has 1 N–H and O–H groups in total. The highest BCUT2D eigenvalue weighted by Gasteiger charge is 2.23. The third kappa shape index (κ3) is 4.75. The number of ether oxygens (including phenoxy) is 1. The van der Waals surface area contributed by atoms with Crippen LogP contribution in [0.15, 0.2) is 12.1 Å². The first-order chi connectivity index (χ1) is 9.04. The molecule has 0 unspecified atom stereocenters. The fourth-order valence-corrected chi connectivity index (χ4v) is 3.82. The number of hydrogen-bond donors (Lipinski definition) is 1. The molecule has 0 aromatic carbocycles. The zero-order valence-electron chi connectivity index (χ0n) is 12.0. The van der Waals surface area contributed by atoms with E-state index in [0.29, 0.717) is 24.3 Å². The lowest BCUT2D eigenvalue weighted by molar-refractivity contribution is -0.0166. The van der Waals surface area contributed by atoms with Crippen molar-refractivity contribution in [2.75, 3.05) is 0 Å². The molecule has 1 fully saturated rings. The van der Waals surface area contributed by atoms with E-state index in [2.05, 4.69) is 32.2 Å². The van der Waals surface area contributed by atoms with Gasteiger partial charge in [-0.05, 0) is 58.6 Å². The van der Waals surface area contributed by atoms with Crippen molar-refractivity contribution in [3.63, 3.8) is 0 Å². The summed E-state index contributed by atoms with van der Waals surface area (Å²) in [6.45, 7) is 6.46. The Morgan fingerprint density at radius 1 is 1.21 bits per heavy atom. The van der Waals surface area contributed by atoms with E-state index in [9.17, 15) is 0 Å². The molecular formula is C15H24ClNOS. The van der Waals surface area contributed by atoms with E-state index in [1.54, 1.807) is 11.3 Å². The van der Waals surface area contributed by atoms with Gasteiger partial charge in [-0.3, -0.25) is 0 Å². The lowest BCUT2D eigenvalue weighted by Gasteiger charge is -2.32. The van der Waals surface area contributed by atoms with Crippen LogP contribution in [0.2, 0.25) is 4.34 Å². The summed E-state index contributed by atoms with van der Waals surface area (Å²) >= 11 is 7.66. The van der Waals surface area contributed by atoms with E-state index in [-0.39, 0.29) is 0 Å². The van der Waals surface area contributed by atoms with Gasteiger partial charge in [0.1, 0.15) is 0 Å². The molecule has 0 amide bonds. The molecule has 19 heavy (non-hydrogen) atoms. The predicted molar refractivity (Wildman–Crippen MR) is 83.1 cm³/mol. The van der Waals surface area contributed by atoms with Gasteiger partial charge < -0.3 is 10.1 Å². The minimum absolute atomic E-state index is 0.349. The first kappa shape index (κ1) is 15.3. The molecule has 1 aliphatic rings. The van der Waals surface area contributed by atoms with Crippen LogP contribution in [-0.4, -0.2) is 18.2 Å².